The minimum atomic E-state index is -0.187. The summed E-state index contributed by atoms with van der Waals surface area (Å²) in [6, 6.07) is 19.7. The van der Waals surface area contributed by atoms with Crippen molar-refractivity contribution < 1.29 is 25.2 Å². The van der Waals surface area contributed by atoms with E-state index in [4.69, 9.17) is 0 Å². The Bertz CT molecular complexity index is 488. The molecular formula is C16H13OPd-. The third kappa shape index (κ3) is 3.70. The molecule has 2 aromatic rings. The van der Waals surface area contributed by atoms with Crippen LogP contribution in [-0.4, -0.2) is 5.78 Å². The second kappa shape index (κ2) is 6.96. The third-order valence-corrected chi connectivity index (χ3v) is 2.47. The summed E-state index contributed by atoms with van der Waals surface area (Å²) in [7, 11) is 0. The van der Waals surface area contributed by atoms with E-state index in [-0.39, 0.29) is 26.2 Å². The molecule has 0 amide bonds. The number of hydrogen-bond acceptors (Lipinski definition) is 1. The normalized spacial score (nSPS) is 9.11. The molecule has 0 radical (unpaired) electrons. The number of allylic oxidation sites excluding steroid dienone is 1. The van der Waals surface area contributed by atoms with Gasteiger partial charge in [-0.2, -0.15) is 13.0 Å². The first-order chi connectivity index (χ1) is 8.27. The van der Waals surface area contributed by atoms with E-state index in [1.165, 1.54) is 0 Å². The van der Waals surface area contributed by atoms with E-state index < -0.39 is 0 Å². The Balaban J connectivity index is 0.00000162. The van der Waals surface area contributed by atoms with Gasteiger partial charge in [0.15, 0.2) is 0 Å². The van der Waals surface area contributed by atoms with E-state index in [9.17, 15) is 4.79 Å². The van der Waals surface area contributed by atoms with Gasteiger partial charge in [0.2, 0.25) is 0 Å². The van der Waals surface area contributed by atoms with E-state index >= 15 is 0 Å². The molecule has 2 heteroatoms. The molecule has 0 atom stereocenters. The summed E-state index contributed by atoms with van der Waals surface area (Å²) < 4.78 is 0. The summed E-state index contributed by atoms with van der Waals surface area (Å²) >= 11 is 0. The number of carbonyl (C=O) groups is 1. The molecule has 0 N–H and O–H groups in total. The van der Waals surface area contributed by atoms with Gasteiger partial charge in [-0.05, 0) is 11.1 Å². The zero-order chi connectivity index (χ0) is 12.1. The first kappa shape index (κ1) is 14.4. The average Bonchev–Trinajstić information content (AvgIpc) is 2.38. The Labute approximate surface area is 121 Å². The summed E-state index contributed by atoms with van der Waals surface area (Å²) in [5.41, 5.74) is 2.96. The van der Waals surface area contributed by atoms with Gasteiger partial charge in [0, 0.05) is 26.2 Å². The van der Waals surface area contributed by atoms with Crippen LogP contribution in [0.15, 0.2) is 66.7 Å². The summed E-state index contributed by atoms with van der Waals surface area (Å²) in [5, 5.41) is 0. The number of carbonyl (C=O) groups excluding carboxylic acids is 1. The van der Waals surface area contributed by atoms with Crippen LogP contribution in [0.3, 0.4) is 0 Å². The maximum atomic E-state index is 11.2. The van der Waals surface area contributed by atoms with Gasteiger partial charge in [-0.1, -0.05) is 66.2 Å². The topological polar surface area (TPSA) is 17.1 Å². The minimum absolute atomic E-state index is 0. The molecule has 18 heavy (non-hydrogen) atoms. The van der Waals surface area contributed by atoms with Crippen molar-refractivity contribution in [2.24, 2.45) is 0 Å². The SMILES string of the molecule is [CH2-]C(=O)C=C(c1ccccc1)c1ccccc1.[Pd]. The maximum absolute atomic E-state index is 11.2. The predicted octanol–water partition coefficient (Wildman–Crippen LogP) is 3.52. The van der Waals surface area contributed by atoms with Crippen LogP contribution in [-0.2, 0) is 25.2 Å². The van der Waals surface area contributed by atoms with Gasteiger partial charge >= 0.3 is 0 Å². The molecular weight excluding hydrogens is 315 g/mol. The van der Waals surface area contributed by atoms with Crippen LogP contribution in [0.5, 0.6) is 0 Å². The van der Waals surface area contributed by atoms with Gasteiger partial charge in [0.05, 0.1) is 0 Å². The Kier molecular flexibility index (Phi) is 5.58. The van der Waals surface area contributed by atoms with Crippen molar-refractivity contribution in [1.82, 2.24) is 0 Å². The molecule has 0 aliphatic heterocycles. The summed E-state index contributed by atoms with van der Waals surface area (Å²) in [4.78, 5) is 11.2. The standard InChI is InChI=1S/C16H13O.Pd/c1-13(17)12-16(14-8-4-2-5-9-14)15-10-6-3-7-11-15;/h2-12H,1H2;/q-1;. The van der Waals surface area contributed by atoms with Gasteiger partial charge in [0.25, 0.3) is 0 Å². The second-order valence-corrected chi connectivity index (χ2v) is 3.76. The van der Waals surface area contributed by atoms with Crippen LogP contribution >= 0.6 is 0 Å². The first-order valence-corrected chi connectivity index (χ1v) is 5.46. The van der Waals surface area contributed by atoms with Crippen LogP contribution in [0.4, 0.5) is 0 Å². The molecule has 2 aromatic carbocycles. The molecule has 0 aromatic heterocycles. The van der Waals surface area contributed by atoms with Gasteiger partial charge < -0.3 is 4.79 Å². The fraction of sp³-hybridized carbons (Fsp3) is 0. The van der Waals surface area contributed by atoms with Crippen LogP contribution in [0.25, 0.3) is 5.57 Å². The van der Waals surface area contributed by atoms with Gasteiger partial charge in [0.1, 0.15) is 0 Å². The van der Waals surface area contributed by atoms with Crippen LogP contribution in [0, 0.1) is 6.92 Å². The van der Waals surface area contributed by atoms with Gasteiger partial charge in [-0.25, -0.2) is 0 Å². The van der Waals surface area contributed by atoms with E-state index in [1.807, 2.05) is 60.7 Å². The molecule has 0 bridgehead atoms. The Morgan fingerprint density at radius 2 is 1.22 bits per heavy atom. The van der Waals surface area contributed by atoms with Crippen molar-refractivity contribution in [3.8, 4) is 0 Å². The number of ketones is 1. The van der Waals surface area contributed by atoms with Crippen molar-refractivity contribution in [3.05, 3.63) is 84.8 Å². The van der Waals surface area contributed by atoms with Crippen molar-refractivity contribution >= 4 is 11.4 Å². The molecule has 0 aliphatic rings. The molecule has 0 saturated carbocycles. The molecule has 0 spiro atoms. The first-order valence-electron chi connectivity index (χ1n) is 5.46. The van der Waals surface area contributed by atoms with Crippen LogP contribution < -0.4 is 0 Å². The molecule has 0 saturated heterocycles. The monoisotopic (exact) mass is 327 g/mol. The Morgan fingerprint density at radius 1 is 0.833 bits per heavy atom. The van der Waals surface area contributed by atoms with Crippen LogP contribution in [0.2, 0.25) is 0 Å². The summed E-state index contributed by atoms with van der Waals surface area (Å²) in [6.07, 6.45) is 1.57. The van der Waals surface area contributed by atoms with Gasteiger partial charge in [-0.3, -0.25) is 0 Å². The van der Waals surface area contributed by atoms with Crippen molar-refractivity contribution in [3.63, 3.8) is 0 Å². The zero-order valence-corrected chi connectivity index (χ0v) is 11.3. The van der Waals surface area contributed by atoms with Crippen molar-refractivity contribution in [1.29, 1.82) is 0 Å². The minimum Gasteiger partial charge on any atom is -0.333 e. The van der Waals surface area contributed by atoms with Gasteiger partial charge in [-0.15, -0.1) is 0 Å². The third-order valence-electron chi connectivity index (χ3n) is 2.47. The quantitative estimate of drug-likeness (QED) is 0.479. The molecule has 0 aliphatic carbocycles. The van der Waals surface area contributed by atoms with Crippen molar-refractivity contribution in [2.45, 2.75) is 0 Å². The average molecular weight is 328 g/mol. The Morgan fingerprint density at radius 3 is 1.56 bits per heavy atom. The fourth-order valence-electron chi connectivity index (χ4n) is 1.73. The van der Waals surface area contributed by atoms with E-state index in [1.54, 1.807) is 6.08 Å². The molecule has 94 valence electrons. The number of benzene rings is 2. The number of rotatable bonds is 3. The fourth-order valence-corrected chi connectivity index (χ4v) is 1.73. The predicted molar refractivity (Wildman–Crippen MR) is 70.3 cm³/mol. The summed E-state index contributed by atoms with van der Waals surface area (Å²) in [5.74, 6) is -0.187. The van der Waals surface area contributed by atoms with Crippen LogP contribution in [0.1, 0.15) is 11.1 Å². The summed E-state index contributed by atoms with van der Waals surface area (Å²) in [6.45, 7) is 3.41. The molecule has 0 unspecified atom stereocenters. The second-order valence-electron chi connectivity index (χ2n) is 3.76. The molecule has 2 rings (SSSR count). The zero-order valence-electron chi connectivity index (χ0n) is 9.78. The van der Waals surface area contributed by atoms with E-state index in [0.717, 1.165) is 16.7 Å². The molecule has 0 heterocycles. The molecule has 1 nitrogen and oxygen atoms in total. The van der Waals surface area contributed by atoms with E-state index in [0.29, 0.717) is 0 Å². The maximum Gasteiger partial charge on any atom is 0.0154 e. The smallest absolute Gasteiger partial charge is 0.0154 e. The largest absolute Gasteiger partial charge is 0.333 e. The Hall–Kier alpha value is -1.62. The number of hydrogen-bond donors (Lipinski definition) is 0. The van der Waals surface area contributed by atoms with Crippen molar-refractivity contribution in [2.75, 3.05) is 0 Å². The molecule has 0 fully saturated rings. The van der Waals surface area contributed by atoms with E-state index in [2.05, 4.69) is 6.92 Å².